The molecule has 0 aliphatic carbocycles. The molecule has 1 unspecified atom stereocenters. The van der Waals surface area contributed by atoms with Gasteiger partial charge in [-0.25, -0.2) is 9.48 Å². The first-order valence-electron chi connectivity index (χ1n) is 9.13. The van der Waals surface area contributed by atoms with E-state index in [1.807, 2.05) is 13.8 Å². The van der Waals surface area contributed by atoms with Crippen LogP contribution in [-0.2, 0) is 9.53 Å². The number of benzene rings is 1. The number of carbonyl (C=O) groups is 1. The predicted octanol–water partition coefficient (Wildman–Crippen LogP) is 3.01. The molecule has 0 spiro atoms. The molecule has 27 heavy (non-hydrogen) atoms. The molecule has 144 valence electrons. The Hall–Kier alpha value is -3.03. The van der Waals surface area contributed by atoms with Gasteiger partial charge in [0.25, 0.3) is 0 Å². The molecular formula is C19H24N4O4. The van der Waals surface area contributed by atoms with Crippen LogP contribution in [0, 0.1) is 0 Å². The normalized spacial score (nSPS) is 15.9. The number of fused-ring (bicyclic) bond motifs is 1. The Labute approximate surface area is 157 Å². The summed E-state index contributed by atoms with van der Waals surface area (Å²) in [5.74, 6) is 0.562. The minimum Gasteiger partial charge on any atom is -0.504 e. The molecule has 1 aromatic carbocycles. The van der Waals surface area contributed by atoms with Gasteiger partial charge in [0.1, 0.15) is 12.4 Å². The highest BCUT2D eigenvalue weighted by Crippen LogP contribution is 2.39. The number of phenols is 1. The fraction of sp³-hybridized carbons (Fsp3) is 0.421. The molecule has 8 heteroatoms. The maximum Gasteiger partial charge on any atom is 0.338 e. The lowest BCUT2D eigenvalue weighted by molar-refractivity contribution is -0.139. The molecule has 0 saturated carbocycles. The molecule has 2 N–H and O–H groups in total. The quantitative estimate of drug-likeness (QED) is 0.721. The highest BCUT2D eigenvalue weighted by molar-refractivity contribution is 5.92. The Kier molecular flexibility index (Phi) is 5.63. The van der Waals surface area contributed by atoms with E-state index >= 15 is 0 Å². The second-order valence-corrected chi connectivity index (χ2v) is 6.08. The molecule has 0 bridgehead atoms. The van der Waals surface area contributed by atoms with E-state index < -0.39 is 12.0 Å². The van der Waals surface area contributed by atoms with Crippen molar-refractivity contribution >= 4 is 11.9 Å². The van der Waals surface area contributed by atoms with E-state index in [1.165, 1.54) is 6.33 Å². The summed E-state index contributed by atoms with van der Waals surface area (Å²) in [7, 11) is 0. The van der Waals surface area contributed by atoms with Crippen molar-refractivity contribution in [3.05, 3.63) is 41.4 Å². The molecule has 0 amide bonds. The summed E-state index contributed by atoms with van der Waals surface area (Å²) in [5.41, 5.74) is 2.01. The van der Waals surface area contributed by atoms with Gasteiger partial charge in [0, 0.05) is 5.70 Å². The Morgan fingerprint density at radius 3 is 2.81 bits per heavy atom. The van der Waals surface area contributed by atoms with E-state index in [0.717, 1.165) is 17.7 Å². The van der Waals surface area contributed by atoms with Gasteiger partial charge >= 0.3 is 5.97 Å². The van der Waals surface area contributed by atoms with Crippen molar-refractivity contribution < 1.29 is 19.4 Å². The number of carbonyl (C=O) groups excluding carboxylic acids is 1. The predicted molar refractivity (Wildman–Crippen MR) is 99.6 cm³/mol. The zero-order valence-corrected chi connectivity index (χ0v) is 15.7. The van der Waals surface area contributed by atoms with Crippen LogP contribution in [-0.4, -0.2) is 39.1 Å². The van der Waals surface area contributed by atoms with E-state index in [0.29, 0.717) is 30.3 Å². The second kappa shape index (κ2) is 8.11. The number of esters is 1. The number of nitrogens with zero attached hydrogens (tertiary/aromatic N) is 3. The Morgan fingerprint density at radius 2 is 2.11 bits per heavy atom. The van der Waals surface area contributed by atoms with Crippen LogP contribution >= 0.6 is 0 Å². The van der Waals surface area contributed by atoms with Crippen molar-refractivity contribution in [3.63, 3.8) is 0 Å². The van der Waals surface area contributed by atoms with Crippen molar-refractivity contribution in [2.75, 3.05) is 18.5 Å². The van der Waals surface area contributed by atoms with Crippen molar-refractivity contribution in [1.29, 1.82) is 0 Å². The highest BCUT2D eigenvalue weighted by atomic mass is 16.5. The van der Waals surface area contributed by atoms with E-state index in [4.69, 9.17) is 9.47 Å². The van der Waals surface area contributed by atoms with E-state index in [9.17, 15) is 9.90 Å². The topological polar surface area (TPSA) is 98.5 Å². The van der Waals surface area contributed by atoms with Crippen molar-refractivity contribution in [2.45, 2.75) is 39.7 Å². The van der Waals surface area contributed by atoms with Gasteiger partial charge in [-0.2, -0.15) is 10.1 Å². The average molecular weight is 372 g/mol. The van der Waals surface area contributed by atoms with Gasteiger partial charge in [-0.05, 0) is 38.0 Å². The Balaban J connectivity index is 2.16. The summed E-state index contributed by atoms with van der Waals surface area (Å²) in [6, 6.07) is 4.51. The van der Waals surface area contributed by atoms with Gasteiger partial charge in [0.05, 0.1) is 18.8 Å². The molecule has 0 radical (unpaired) electrons. The third-order valence-corrected chi connectivity index (χ3v) is 4.27. The molecule has 0 saturated heterocycles. The highest BCUT2D eigenvalue weighted by Gasteiger charge is 2.35. The number of allylic oxidation sites excluding steroid dienone is 1. The third kappa shape index (κ3) is 3.60. The summed E-state index contributed by atoms with van der Waals surface area (Å²) >= 11 is 0. The minimum atomic E-state index is -0.524. The smallest absolute Gasteiger partial charge is 0.338 e. The van der Waals surface area contributed by atoms with Crippen molar-refractivity contribution in [1.82, 2.24) is 14.8 Å². The fourth-order valence-electron chi connectivity index (χ4n) is 3.19. The largest absolute Gasteiger partial charge is 0.504 e. The number of phenolic OH excluding ortho intramolecular Hbond substituents is 1. The molecule has 1 aliphatic rings. The average Bonchev–Trinajstić information content (AvgIpc) is 3.11. The molecular weight excluding hydrogens is 348 g/mol. The summed E-state index contributed by atoms with van der Waals surface area (Å²) in [6.07, 6.45) is 2.97. The van der Waals surface area contributed by atoms with Gasteiger partial charge in [-0.15, -0.1) is 0 Å². The molecule has 1 aliphatic heterocycles. The Bertz CT molecular complexity index is 859. The van der Waals surface area contributed by atoms with Gasteiger partial charge in [-0.3, -0.25) is 0 Å². The van der Waals surface area contributed by atoms with Crippen LogP contribution in [0.2, 0.25) is 0 Å². The standard InChI is InChI=1S/C19H24N4O4/c1-4-7-13-16(18(25)27-6-3)17(23-19(22-13)20-11-21-23)12-8-9-14(24)15(10-12)26-5-2/h8-11,17,24H,4-7H2,1-3H3,(H,20,21,22). The van der Waals surface area contributed by atoms with Crippen LogP contribution in [0.15, 0.2) is 35.8 Å². The van der Waals surface area contributed by atoms with E-state index in [-0.39, 0.29) is 12.4 Å². The van der Waals surface area contributed by atoms with Crippen LogP contribution in [0.3, 0.4) is 0 Å². The zero-order chi connectivity index (χ0) is 19.4. The van der Waals surface area contributed by atoms with Gasteiger partial charge in [0.2, 0.25) is 5.95 Å². The molecule has 0 fully saturated rings. The van der Waals surface area contributed by atoms with E-state index in [2.05, 4.69) is 15.4 Å². The molecule has 8 nitrogen and oxygen atoms in total. The van der Waals surface area contributed by atoms with Gasteiger partial charge < -0.3 is 19.9 Å². The maximum atomic E-state index is 12.8. The zero-order valence-electron chi connectivity index (χ0n) is 15.7. The van der Waals surface area contributed by atoms with Gasteiger partial charge in [-0.1, -0.05) is 19.4 Å². The lowest BCUT2D eigenvalue weighted by atomic mass is 9.93. The first-order valence-corrected chi connectivity index (χ1v) is 9.13. The number of aromatic nitrogens is 3. The van der Waals surface area contributed by atoms with Crippen LogP contribution in [0.5, 0.6) is 11.5 Å². The second-order valence-electron chi connectivity index (χ2n) is 6.08. The van der Waals surface area contributed by atoms with Crippen molar-refractivity contribution in [3.8, 4) is 11.5 Å². The first kappa shape index (κ1) is 18.8. The SMILES string of the molecule is CCCC1=C(C(=O)OCC)C(c2ccc(O)c(OCC)c2)n2ncnc2N1. The number of rotatable bonds is 7. The number of hydrogen-bond acceptors (Lipinski definition) is 7. The van der Waals surface area contributed by atoms with E-state index in [1.54, 1.807) is 29.8 Å². The summed E-state index contributed by atoms with van der Waals surface area (Å²) in [6.45, 7) is 6.35. The Morgan fingerprint density at radius 1 is 1.30 bits per heavy atom. The molecule has 2 aromatic rings. The van der Waals surface area contributed by atoms with Crippen molar-refractivity contribution in [2.24, 2.45) is 0 Å². The maximum absolute atomic E-state index is 12.8. The van der Waals surface area contributed by atoms with Crippen LogP contribution in [0.25, 0.3) is 0 Å². The fourth-order valence-corrected chi connectivity index (χ4v) is 3.19. The van der Waals surface area contributed by atoms with Gasteiger partial charge in [0.15, 0.2) is 11.5 Å². The molecule has 1 aromatic heterocycles. The number of hydrogen-bond donors (Lipinski definition) is 2. The van der Waals surface area contributed by atoms with Crippen LogP contribution in [0.1, 0.15) is 45.2 Å². The number of anilines is 1. The number of aromatic hydroxyl groups is 1. The lowest BCUT2D eigenvalue weighted by Crippen LogP contribution is -2.30. The minimum absolute atomic E-state index is 0.0452. The first-order chi connectivity index (χ1) is 13.1. The summed E-state index contributed by atoms with van der Waals surface area (Å²) < 4.78 is 12.5. The monoisotopic (exact) mass is 372 g/mol. The number of ether oxygens (including phenoxy) is 2. The summed E-state index contributed by atoms with van der Waals surface area (Å²) in [4.78, 5) is 17.1. The number of nitrogens with one attached hydrogen (secondary N) is 1. The lowest BCUT2D eigenvalue weighted by Gasteiger charge is -2.29. The molecule has 1 atom stereocenters. The molecule has 2 heterocycles. The molecule has 3 rings (SSSR count). The van der Waals surface area contributed by atoms with Crippen LogP contribution in [0.4, 0.5) is 5.95 Å². The third-order valence-electron chi connectivity index (χ3n) is 4.27. The summed E-state index contributed by atoms with van der Waals surface area (Å²) in [5, 5.41) is 17.5. The van der Waals surface area contributed by atoms with Crippen LogP contribution < -0.4 is 10.1 Å².